The number of carbonyl (C=O) groups is 1. The summed E-state index contributed by atoms with van der Waals surface area (Å²) < 4.78 is 5.54. The number of hydrogen-bond acceptors (Lipinski definition) is 10. The minimum Gasteiger partial charge on any atom is -0.384 e. The van der Waals surface area contributed by atoms with Gasteiger partial charge in [0.15, 0.2) is 5.82 Å². The molecule has 11 nitrogen and oxygen atoms in total. The van der Waals surface area contributed by atoms with Crippen LogP contribution in [-0.4, -0.2) is 99.3 Å². The molecule has 3 N–H and O–H groups in total. The largest absolute Gasteiger partial charge is 0.384 e. The number of amides is 1. The Labute approximate surface area is 203 Å². The van der Waals surface area contributed by atoms with Crippen molar-refractivity contribution < 1.29 is 14.6 Å². The van der Waals surface area contributed by atoms with Crippen molar-refractivity contribution in [1.82, 2.24) is 29.7 Å². The predicted octanol–water partition coefficient (Wildman–Crippen LogP) is 0.531. The van der Waals surface area contributed by atoms with E-state index in [0.29, 0.717) is 37.7 Å². The van der Waals surface area contributed by atoms with Crippen LogP contribution in [0.15, 0.2) is 30.6 Å². The Bertz CT molecular complexity index is 1190. The van der Waals surface area contributed by atoms with E-state index in [1.165, 1.54) is 6.92 Å². The number of hydrogen-bond donors (Lipinski definition) is 2. The molecule has 1 atom stereocenters. The van der Waals surface area contributed by atoms with Crippen LogP contribution in [-0.2, 0) is 16.1 Å². The average Bonchev–Trinajstić information content (AvgIpc) is 2.89. The molecule has 5 rings (SSSR count). The van der Waals surface area contributed by atoms with E-state index in [-0.39, 0.29) is 11.9 Å². The number of nitrogens with zero attached hydrogens (tertiary/aromatic N) is 7. The monoisotopic (exact) mass is 478 g/mol. The van der Waals surface area contributed by atoms with Crippen LogP contribution in [0.25, 0.3) is 22.3 Å². The van der Waals surface area contributed by atoms with Crippen LogP contribution in [0.5, 0.6) is 0 Å². The van der Waals surface area contributed by atoms with Gasteiger partial charge in [-0.1, -0.05) is 6.07 Å². The van der Waals surface area contributed by atoms with Gasteiger partial charge in [-0.05, 0) is 24.6 Å². The summed E-state index contributed by atoms with van der Waals surface area (Å²) in [7, 11) is 0. The third-order valence-corrected chi connectivity index (χ3v) is 6.43. The van der Waals surface area contributed by atoms with Gasteiger partial charge < -0.3 is 25.4 Å². The average molecular weight is 479 g/mol. The first-order chi connectivity index (χ1) is 17.0. The standard InChI is InChI=1S/C24H30N8O3/c1-16(33)23(34)32-6-4-30(5-7-32)15-17-2-3-19-20(12-17)28-21(18-13-26-24(25)27-14-18)29-22(19)31-8-10-35-11-9-31/h2-3,12-14,16,33H,4-11,15H2,1H3,(H2,25,26,27). The number of benzene rings is 1. The summed E-state index contributed by atoms with van der Waals surface area (Å²) in [4.78, 5) is 36.3. The summed E-state index contributed by atoms with van der Waals surface area (Å²) >= 11 is 0. The van der Waals surface area contributed by atoms with E-state index in [1.807, 2.05) is 0 Å². The lowest BCUT2D eigenvalue weighted by Crippen LogP contribution is -2.50. The van der Waals surface area contributed by atoms with Crippen molar-refractivity contribution in [1.29, 1.82) is 0 Å². The molecule has 3 aromatic rings. The van der Waals surface area contributed by atoms with Gasteiger partial charge in [0.1, 0.15) is 11.9 Å². The van der Waals surface area contributed by atoms with Crippen LogP contribution < -0.4 is 10.6 Å². The highest BCUT2D eigenvalue weighted by molar-refractivity contribution is 5.91. The summed E-state index contributed by atoms with van der Waals surface area (Å²) in [6, 6.07) is 6.32. The maximum Gasteiger partial charge on any atom is 0.251 e. The second kappa shape index (κ2) is 10.1. The number of ether oxygens (including phenoxy) is 1. The van der Waals surface area contributed by atoms with Gasteiger partial charge in [-0.25, -0.2) is 19.9 Å². The van der Waals surface area contributed by atoms with Gasteiger partial charge >= 0.3 is 0 Å². The zero-order valence-electron chi connectivity index (χ0n) is 19.8. The zero-order valence-corrected chi connectivity index (χ0v) is 19.8. The van der Waals surface area contributed by atoms with Crippen LogP contribution in [0.2, 0.25) is 0 Å². The first-order valence-electron chi connectivity index (χ1n) is 11.9. The van der Waals surface area contributed by atoms with E-state index < -0.39 is 6.10 Å². The molecule has 1 amide bonds. The molecule has 2 aliphatic heterocycles. The Balaban J connectivity index is 1.42. The molecule has 1 aromatic carbocycles. The third-order valence-electron chi connectivity index (χ3n) is 6.43. The highest BCUT2D eigenvalue weighted by Crippen LogP contribution is 2.29. The quantitative estimate of drug-likeness (QED) is 0.535. The maximum atomic E-state index is 12.1. The molecule has 0 aliphatic carbocycles. The minimum atomic E-state index is -0.956. The maximum absolute atomic E-state index is 12.1. The fourth-order valence-electron chi connectivity index (χ4n) is 4.50. The van der Waals surface area contributed by atoms with Crippen LogP contribution in [0.3, 0.4) is 0 Å². The number of fused-ring (bicyclic) bond motifs is 1. The van der Waals surface area contributed by atoms with E-state index >= 15 is 0 Å². The SMILES string of the molecule is CC(O)C(=O)N1CCN(Cc2ccc3c(N4CCOCC4)nc(-c4cnc(N)nc4)nc3c2)CC1. The van der Waals surface area contributed by atoms with Crippen molar-refractivity contribution in [2.24, 2.45) is 0 Å². The number of aromatic nitrogens is 4. The van der Waals surface area contributed by atoms with Gasteiger partial charge in [0.25, 0.3) is 5.91 Å². The number of anilines is 2. The summed E-state index contributed by atoms with van der Waals surface area (Å²) in [6.45, 7) is 7.86. The Morgan fingerprint density at radius 3 is 2.49 bits per heavy atom. The van der Waals surface area contributed by atoms with E-state index in [2.05, 4.69) is 38.0 Å². The normalized spacial score (nSPS) is 18.1. The number of nitrogen functional groups attached to an aromatic ring is 1. The molecule has 0 saturated carbocycles. The lowest BCUT2D eigenvalue weighted by molar-refractivity contribution is -0.141. The molecule has 11 heteroatoms. The van der Waals surface area contributed by atoms with Crippen molar-refractivity contribution in [3.63, 3.8) is 0 Å². The van der Waals surface area contributed by atoms with Crippen LogP contribution in [0.1, 0.15) is 12.5 Å². The molecule has 35 heavy (non-hydrogen) atoms. The minimum absolute atomic E-state index is 0.207. The van der Waals surface area contributed by atoms with Crippen molar-refractivity contribution >= 4 is 28.6 Å². The van der Waals surface area contributed by atoms with Crippen LogP contribution in [0, 0.1) is 0 Å². The Hall–Kier alpha value is -3.41. The van der Waals surface area contributed by atoms with Gasteiger partial charge in [-0.3, -0.25) is 9.69 Å². The van der Waals surface area contributed by atoms with Crippen molar-refractivity contribution in [2.75, 3.05) is 63.1 Å². The molecule has 2 aliphatic rings. The first kappa shape index (κ1) is 23.3. The number of piperazine rings is 1. The van der Waals surface area contributed by atoms with Gasteiger partial charge in [0.05, 0.1) is 24.3 Å². The molecular weight excluding hydrogens is 448 g/mol. The summed E-state index contributed by atoms with van der Waals surface area (Å²) in [5.74, 6) is 1.44. The van der Waals surface area contributed by atoms with E-state index in [1.54, 1.807) is 17.3 Å². The zero-order chi connectivity index (χ0) is 24.4. The molecule has 4 heterocycles. The fraction of sp³-hybridized carbons (Fsp3) is 0.458. The van der Waals surface area contributed by atoms with E-state index in [0.717, 1.165) is 55.0 Å². The number of rotatable bonds is 5. The fourth-order valence-corrected chi connectivity index (χ4v) is 4.50. The van der Waals surface area contributed by atoms with Gasteiger partial charge in [0, 0.05) is 63.6 Å². The van der Waals surface area contributed by atoms with E-state index in [4.69, 9.17) is 20.4 Å². The lowest BCUT2D eigenvalue weighted by Gasteiger charge is -2.35. The Kier molecular flexibility index (Phi) is 6.71. The van der Waals surface area contributed by atoms with Gasteiger partial charge in [0.2, 0.25) is 5.95 Å². The topological polar surface area (TPSA) is 134 Å². The van der Waals surface area contributed by atoms with Crippen molar-refractivity contribution in [3.05, 3.63) is 36.2 Å². The van der Waals surface area contributed by atoms with Crippen molar-refractivity contribution in [2.45, 2.75) is 19.6 Å². The van der Waals surface area contributed by atoms with E-state index in [9.17, 15) is 9.90 Å². The number of aliphatic hydroxyl groups excluding tert-OH is 1. The molecule has 0 bridgehead atoms. The lowest BCUT2D eigenvalue weighted by atomic mass is 10.1. The van der Waals surface area contributed by atoms with Gasteiger partial charge in [-0.15, -0.1) is 0 Å². The molecule has 0 spiro atoms. The number of aliphatic hydroxyl groups is 1. The highest BCUT2D eigenvalue weighted by Gasteiger charge is 2.24. The number of carbonyl (C=O) groups excluding carboxylic acids is 1. The smallest absolute Gasteiger partial charge is 0.251 e. The van der Waals surface area contributed by atoms with Gasteiger partial charge in [-0.2, -0.15) is 0 Å². The summed E-state index contributed by atoms with van der Waals surface area (Å²) in [5.41, 5.74) is 8.37. The summed E-state index contributed by atoms with van der Waals surface area (Å²) in [6.07, 6.45) is 2.33. The molecule has 2 aromatic heterocycles. The molecular formula is C24H30N8O3. The molecule has 1 unspecified atom stereocenters. The third kappa shape index (κ3) is 5.16. The highest BCUT2D eigenvalue weighted by atomic mass is 16.5. The van der Waals surface area contributed by atoms with Crippen molar-refractivity contribution in [3.8, 4) is 11.4 Å². The Morgan fingerprint density at radius 1 is 1.09 bits per heavy atom. The number of morpholine rings is 1. The second-order valence-electron chi connectivity index (χ2n) is 8.93. The molecule has 184 valence electrons. The van der Waals surface area contributed by atoms with Crippen LogP contribution in [0.4, 0.5) is 11.8 Å². The molecule has 2 fully saturated rings. The first-order valence-corrected chi connectivity index (χ1v) is 11.9. The van der Waals surface area contributed by atoms with Crippen LogP contribution >= 0.6 is 0 Å². The number of nitrogens with two attached hydrogens (primary N) is 1. The Morgan fingerprint density at radius 2 is 1.80 bits per heavy atom. The molecule has 2 saturated heterocycles. The molecule has 0 radical (unpaired) electrons. The second-order valence-corrected chi connectivity index (χ2v) is 8.93. The summed E-state index contributed by atoms with van der Waals surface area (Å²) in [5, 5.41) is 10.6. The predicted molar refractivity (Wildman–Crippen MR) is 132 cm³/mol.